The van der Waals surface area contributed by atoms with Crippen LogP contribution < -0.4 is 5.32 Å². The lowest BCUT2D eigenvalue weighted by molar-refractivity contribution is -0.141. The predicted molar refractivity (Wildman–Crippen MR) is 133 cm³/mol. The van der Waals surface area contributed by atoms with Crippen molar-refractivity contribution < 1.29 is 9.59 Å². The average molecular weight is 437 g/mol. The average Bonchev–Trinajstić information content (AvgIpc) is 2.77. The Hall–Kier alpha value is -2.62. The van der Waals surface area contributed by atoms with Crippen molar-refractivity contribution in [3.63, 3.8) is 0 Å². The third-order valence-electron chi connectivity index (χ3n) is 6.10. The van der Waals surface area contributed by atoms with E-state index in [-0.39, 0.29) is 17.9 Å². The van der Waals surface area contributed by atoms with Crippen molar-refractivity contribution in [3.8, 4) is 0 Å². The number of benzene rings is 2. The Kier molecular flexibility index (Phi) is 9.96. The molecule has 0 aliphatic carbocycles. The van der Waals surface area contributed by atoms with Gasteiger partial charge in [-0.1, -0.05) is 81.8 Å². The molecule has 0 heterocycles. The fourth-order valence-corrected chi connectivity index (χ4v) is 3.83. The molecular weight excluding hydrogens is 396 g/mol. The molecule has 174 valence electrons. The van der Waals surface area contributed by atoms with Crippen molar-refractivity contribution in [1.82, 2.24) is 10.2 Å². The van der Waals surface area contributed by atoms with E-state index >= 15 is 0 Å². The Labute approximate surface area is 194 Å². The van der Waals surface area contributed by atoms with E-state index in [0.717, 1.165) is 23.1 Å². The van der Waals surface area contributed by atoms with Crippen LogP contribution in [0.1, 0.15) is 82.1 Å². The second-order valence-corrected chi connectivity index (χ2v) is 9.15. The van der Waals surface area contributed by atoms with E-state index in [1.54, 1.807) is 4.90 Å². The summed E-state index contributed by atoms with van der Waals surface area (Å²) in [6.07, 6.45) is 2.51. The molecule has 4 nitrogen and oxygen atoms in total. The lowest BCUT2D eigenvalue weighted by Gasteiger charge is -2.31. The molecule has 2 rings (SSSR count). The van der Waals surface area contributed by atoms with Gasteiger partial charge in [0.15, 0.2) is 0 Å². The van der Waals surface area contributed by atoms with Gasteiger partial charge in [0.05, 0.1) is 0 Å². The van der Waals surface area contributed by atoms with Crippen LogP contribution in [-0.4, -0.2) is 28.8 Å². The summed E-state index contributed by atoms with van der Waals surface area (Å²) >= 11 is 0. The Morgan fingerprint density at radius 1 is 0.938 bits per heavy atom. The highest BCUT2D eigenvalue weighted by molar-refractivity contribution is 5.87. The Balaban J connectivity index is 2.19. The van der Waals surface area contributed by atoms with Crippen LogP contribution in [0.2, 0.25) is 0 Å². The van der Waals surface area contributed by atoms with Crippen LogP contribution in [0.3, 0.4) is 0 Å². The van der Waals surface area contributed by atoms with Gasteiger partial charge in [-0.05, 0) is 55.7 Å². The molecule has 0 unspecified atom stereocenters. The standard InChI is InChI=1S/C28H40N2O2/c1-7-22(6)29-28(32)26(8-2)30(19-24-11-9-10-21(5)18-24)27(31)17-14-23-12-15-25(16-13-23)20(3)4/h9-13,15-16,18,20,22,26H,7-8,14,17,19H2,1-6H3,(H,29,32)/t22-,26-/m0/s1. The molecule has 0 saturated carbocycles. The van der Waals surface area contributed by atoms with Crippen molar-refractivity contribution in [3.05, 3.63) is 70.8 Å². The predicted octanol–water partition coefficient (Wildman–Crippen LogP) is 5.77. The van der Waals surface area contributed by atoms with Gasteiger partial charge in [-0.2, -0.15) is 0 Å². The quantitative estimate of drug-likeness (QED) is 0.486. The van der Waals surface area contributed by atoms with Crippen LogP contribution in [0.4, 0.5) is 0 Å². The van der Waals surface area contributed by atoms with E-state index in [0.29, 0.717) is 31.7 Å². The highest BCUT2D eigenvalue weighted by atomic mass is 16.2. The van der Waals surface area contributed by atoms with E-state index in [9.17, 15) is 9.59 Å². The van der Waals surface area contributed by atoms with Crippen LogP contribution in [0, 0.1) is 6.92 Å². The number of nitrogens with one attached hydrogen (secondary N) is 1. The third-order valence-corrected chi connectivity index (χ3v) is 6.10. The van der Waals surface area contributed by atoms with Crippen molar-refractivity contribution in [2.75, 3.05) is 0 Å². The molecule has 0 spiro atoms. The maximum absolute atomic E-state index is 13.4. The molecule has 0 fully saturated rings. The van der Waals surface area contributed by atoms with Crippen molar-refractivity contribution in [1.29, 1.82) is 0 Å². The molecular formula is C28H40N2O2. The first-order valence-electron chi connectivity index (χ1n) is 12.0. The van der Waals surface area contributed by atoms with E-state index in [1.165, 1.54) is 5.56 Å². The minimum atomic E-state index is -0.472. The second kappa shape index (κ2) is 12.4. The van der Waals surface area contributed by atoms with Gasteiger partial charge >= 0.3 is 0 Å². The molecule has 0 saturated heterocycles. The first-order chi connectivity index (χ1) is 15.2. The molecule has 1 N–H and O–H groups in total. The zero-order valence-electron chi connectivity index (χ0n) is 20.7. The van der Waals surface area contributed by atoms with E-state index < -0.39 is 6.04 Å². The first kappa shape index (κ1) is 25.6. The van der Waals surface area contributed by atoms with Crippen molar-refractivity contribution in [2.24, 2.45) is 0 Å². The Bertz CT molecular complexity index is 873. The first-order valence-corrected chi connectivity index (χ1v) is 12.0. The monoisotopic (exact) mass is 436 g/mol. The highest BCUT2D eigenvalue weighted by Crippen LogP contribution is 2.18. The minimum Gasteiger partial charge on any atom is -0.352 e. The molecule has 0 radical (unpaired) electrons. The largest absolute Gasteiger partial charge is 0.352 e. The van der Waals surface area contributed by atoms with Gasteiger partial charge in [0.2, 0.25) is 11.8 Å². The third kappa shape index (κ3) is 7.51. The number of rotatable bonds is 11. The normalized spacial score (nSPS) is 13.0. The molecule has 0 aliphatic heterocycles. The fourth-order valence-electron chi connectivity index (χ4n) is 3.83. The summed E-state index contributed by atoms with van der Waals surface area (Å²) in [6.45, 7) is 12.9. The zero-order valence-corrected chi connectivity index (χ0v) is 20.7. The summed E-state index contributed by atoms with van der Waals surface area (Å²) in [5.74, 6) is 0.444. The molecule has 2 atom stereocenters. The van der Waals surface area contributed by atoms with Crippen LogP contribution in [-0.2, 0) is 22.6 Å². The van der Waals surface area contributed by atoms with Crippen LogP contribution in [0.25, 0.3) is 0 Å². The summed E-state index contributed by atoms with van der Waals surface area (Å²) in [5, 5.41) is 3.07. The number of hydrogen-bond donors (Lipinski definition) is 1. The summed E-state index contributed by atoms with van der Waals surface area (Å²) in [6, 6.07) is 16.3. The second-order valence-electron chi connectivity index (χ2n) is 9.15. The summed E-state index contributed by atoms with van der Waals surface area (Å²) in [4.78, 5) is 28.2. The van der Waals surface area contributed by atoms with Crippen LogP contribution in [0.15, 0.2) is 48.5 Å². The van der Waals surface area contributed by atoms with Gasteiger partial charge in [-0.25, -0.2) is 0 Å². The maximum Gasteiger partial charge on any atom is 0.243 e. The molecule has 32 heavy (non-hydrogen) atoms. The summed E-state index contributed by atoms with van der Waals surface area (Å²) < 4.78 is 0. The lowest BCUT2D eigenvalue weighted by atomic mass is 10.00. The van der Waals surface area contributed by atoms with Gasteiger partial charge in [0.1, 0.15) is 6.04 Å². The molecule has 4 heteroatoms. The number of amides is 2. The van der Waals surface area contributed by atoms with E-state index in [2.05, 4.69) is 49.5 Å². The molecule has 0 bridgehead atoms. The summed E-state index contributed by atoms with van der Waals surface area (Å²) in [7, 11) is 0. The molecule has 2 aromatic rings. The number of carbonyl (C=O) groups is 2. The number of carbonyl (C=O) groups excluding carboxylic acids is 2. The summed E-state index contributed by atoms with van der Waals surface area (Å²) in [5.41, 5.74) is 4.65. The van der Waals surface area contributed by atoms with Gasteiger partial charge in [0, 0.05) is 19.0 Å². The van der Waals surface area contributed by atoms with E-state index in [4.69, 9.17) is 0 Å². The molecule has 0 aromatic heterocycles. The minimum absolute atomic E-state index is 0.0191. The van der Waals surface area contributed by atoms with Crippen LogP contribution in [0.5, 0.6) is 0 Å². The maximum atomic E-state index is 13.4. The van der Waals surface area contributed by atoms with Gasteiger partial charge in [-0.3, -0.25) is 9.59 Å². The topological polar surface area (TPSA) is 49.4 Å². The van der Waals surface area contributed by atoms with Crippen molar-refractivity contribution in [2.45, 2.75) is 91.8 Å². The molecule has 2 aromatic carbocycles. The van der Waals surface area contributed by atoms with Crippen LogP contribution >= 0.6 is 0 Å². The van der Waals surface area contributed by atoms with Gasteiger partial charge < -0.3 is 10.2 Å². The van der Waals surface area contributed by atoms with E-state index in [1.807, 2.05) is 45.9 Å². The molecule has 2 amide bonds. The fraction of sp³-hybridized carbons (Fsp3) is 0.500. The van der Waals surface area contributed by atoms with Crippen molar-refractivity contribution >= 4 is 11.8 Å². The molecule has 0 aliphatic rings. The Morgan fingerprint density at radius 2 is 1.62 bits per heavy atom. The SMILES string of the molecule is CC[C@H](C)NC(=O)[C@H](CC)N(Cc1cccc(C)c1)C(=O)CCc1ccc(C(C)C)cc1. The number of hydrogen-bond acceptors (Lipinski definition) is 2. The number of nitrogens with zero attached hydrogens (tertiary/aromatic N) is 1. The smallest absolute Gasteiger partial charge is 0.243 e. The Morgan fingerprint density at radius 3 is 2.19 bits per heavy atom. The highest BCUT2D eigenvalue weighted by Gasteiger charge is 2.29. The zero-order chi connectivity index (χ0) is 23.7. The number of aryl methyl sites for hydroxylation is 2. The van der Waals surface area contributed by atoms with Gasteiger partial charge in [-0.15, -0.1) is 0 Å². The van der Waals surface area contributed by atoms with Gasteiger partial charge in [0.25, 0.3) is 0 Å². The lowest BCUT2D eigenvalue weighted by Crippen LogP contribution is -2.50.